The molecular weight excluding hydrogens is 206 g/mol. The Hall–Kier alpha value is -1.24. The Morgan fingerprint density at radius 1 is 1.50 bits per heavy atom. The highest BCUT2D eigenvalue weighted by Crippen LogP contribution is 2.12. The molecule has 1 aromatic rings. The Morgan fingerprint density at radius 2 is 2.38 bits per heavy atom. The summed E-state index contributed by atoms with van der Waals surface area (Å²) in [5.74, 6) is 5.76. The monoisotopic (exact) mass is 223 g/mol. The van der Waals surface area contributed by atoms with Crippen molar-refractivity contribution in [3.8, 4) is 0 Å². The quantitative estimate of drug-likeness (QED) is 0.482. The average Bonchev–Trinajstić information content (AvgIpc) is 2.30. The van der Waals surface area contributed by atoms with Crippen molar-refractivity contribution < 1.29 is 5.11 Å². The van der Waals surface area contributed by atoms with E-state index in [1.165, 1.54) is 0 Å². The molecule has 1 aliphatic heterocycles. The van der Waals surface area contributed by atoms with Crippen LogP contribution in [0.2, 0.25) is 0 Å². The van der Waals surface area contributed by atoms with Gasteiger partial charge in [-0.25, -0.2) is 10.8 Å². The van der Waals surface area contributed by atoms with E-state index in [1.54, 1.807) is 12.4 Å². The number of nitrogen functional groups attached to an aromatic ring is 1. The van der Waals surface area contributed by atoms with Crippen molar-refractivity contribution in [1.82, 2.24) is 14.9 Å². The van der Waals surface area contributed by atoms with Crippen molar-refractivity contribution >= 4 is 5.82 Å². The molecule has 2 rings (SSSR count). The van der Waals surface area contributed by atoms with Gasteiger partial charge in [0.15, 0.2) is 5.82 Å². The molecule has 1 atom stereocenters. The fourth-order valence-corrected chi connectivity index (χ4v) is 1.91. The Balaban J connectivity index is 1.92. The highest BCUT2D eigenvalue weighted by molar-refractivity contribution is 5.28. The number of likely N-dealkylation sites (tertiary alicyclic amines) is 1. The van der Waals surface area contributed by atoms with Crippen LogP contribution in [0.3, 0.4) is 0 Å². The number of nitrogens with two attached hydrogens (primary N) is 1. The molecule has 1 saturated heterocycles. The molecule has 16 heavy (non-hydrogen) atoms. The van der Waals surface area contributed by atoms with Crippen LogP contribution < -0.4 is 11.3 Å². The zero-order valence-corrected chi connectivity index (χ0v) is 9.13. The van der Waals surface area contributed by atoms with Gasteiger partial charge in [0.1, 0.15) is 0 Å². The Kier molecular flexibility index (Phi) is 3.66. The highest BCUT2D eigenvalue weighted by atomic mass is 16.3. The topological polar surface area (TPSA) is 87.3 Å². The van der Waals surface area contributed by atoms with E-state index in [9.17, 15) is 5.11 Å². The highest BCUT2D eigenvalue weighted by Gasteiger charge is 2.17. The third-order valence-corrected chi connectivity index (χ3v) is 2.72. The molecule has 2 heterocycles. The molecule has 0 aliphatic carbocycles. The van der Waals surface area contributed by atoms with Crippen LogP contribution in [0, 0.1) is 0 Å². The summed E-state index contributed by atoms with van der Waals surface area (Å²) in [5, 5.41) is 9.54. The van der Waals surface area contributed by atoms with E-state index in [0.29, 0.717) is 5.82 Å². The van der Waals surface area contributed by atoms with Gasteiger partial charge in [0.25, 0.3) is 0 Å². The van der Waals surface area contributed by atoms with Crippen LogP contribution in [0.15, 0.2) is 12.4 Å². The summed E-state index contributed by atoms with van der Waals surface area (Å²) >= 11 is 0. The van der Waals surface area contributed by atoms with E-state index in [-0.39, 0.29) is 6.10 Å². The summed E-state index contributed by atoms with van der Waals surface area (Å²) in [5.41, 5.74) is 3.33. The number of anilines is 1. The number of aromatic nitrogens is 2. The van der Waals surface area contributed by atoms with E-state index in [2.05, 4.69) is 20.3 Å². The van der Waals surface area contributed by atoms with Gasteiger partial charge in [-0.15, -0.1) is 0 Å². The lowest BCUT2D eigenvalue weighted by molar-refractivity contribution is 0.0661. The van der Waals surface area contributed by atoms with Crippen molar-refractivity contribution in [2.24, 2.45) is 5.84 Å². The maximum absolute atomic E-state index is 9.54. The lowest BCUT2D eigenvalue weighted by Crippen LogP contribution is -2.37. The number of aliphatic hydroxyl groups is 1. The zero-order chi connectivity index (χ0) is 11.4. The minimum Gasteiger partial charge on any atom is -0.392 e. The lowest BCUT2D eigenvalue weighted by atomic mass is 10.1. The van der Waals surface area contributed by atoms with Gasteiger partial charge in [0.2, 0.25) is 0 Å². The predicted octanol–water partition coefficient (Wildman–Crippen LogP) is -0.281. The zero-order valence-electron chi connectivity index (χ0n) is 9.13. The smallest absolute Gasteiger partial charge is 0.158 e. The molecule has 88 valence electrons. The van der Waals surface area contributed by atoms with Crippen molar-refractivity contribution in [1.29, 1.82) is 0 Å². The van der Waals surface area contributed by atoms with Gasteiger partial charge in [-0.05, 0) is 19.4 Å². The van der Waals surface area contributed by atoms with Crippen molar-refractivity contribution in [3.63, 3.8) is 0 Å². The molecular formula is C10H17N5O. The molecule has 0 aromatic carbocycles. The molecule has 1 fully saturated rings. The number of aliphatic hydroxyl groups excluding tert-OH is 1. The first-order valence-corrected chi connectivity index (χ1v) is 5.46. The number of β-amino-alcohol motifs (C(OH)–C–C–N with tert-alkyl or cyclic N) is 1. The van der Waals surface area contributed by atoms with Crippen LogP contribution in [0.5, 0.6) is 0 Å². The first-order chi connectivity index (χ1) is 7.78. The molecule has 4 N–H and O–H groups in total. The van der Waals surface area contributed by atoms with Gasteiger partial charge >= 0.3 is 0 Å². The summed E-state index contributed by atoms with van der Waals surface area (Å²) in [7, 11) is 0. The Bertz CT molecular complexity index is 328. The standard InChI is InChI=1S/C10H17N5O/c11-14-10-5-12-8(4-13-10)6-15-3-1-2-9(16)7-15/h4-5,9,16H,1-3,6-7,11H2,(H,13,14). The fourth-order valence-electron chi connectivity index (χ4n) is 1.91. The minimum absolute atomic E-state index is 0.202. The molecule has 0 bridgehead atoms. The fraction of sp³-hybridized carbons (Fsp3) is 0.600. The number of nitrogens with one attached hydrogen (secondary N) is 1. The van der Waals surface area contributed by atoms with Crippen molar-refractivity contribution in [3.05, 3.63) is 18.1 Å². The van der Waals surface area contributed by atoms with Gasteiger partial charge in [-0.3, -0.25) is 9.88 Å². The summed E-state index contributed by atoms with van der Waals surface area (Å²) in [6.45, 7) is 2.46. The van der Waals surface area contributed by atoms with Gasteiger partial charge < -0.3 is 10.5 Å². The van der Waals surface area contributed by atoms with Crippen LogP contribution in [0.25, 0.3) is 0 Å². The maximum Gasteiger partial charge on any atom is 0.158 e. The van der Waals surface area contributed by atoms with Crippen LogP contribution >= 0.6 is 0 Å². The van der Waals surface area contributed by atoms with E-state index in [4.69, 9.17) is 5.84 Å². The normalized spacial score (nSPS) is 22.0. The summed E-state index contributed by atoms with van der Waals surface area (Å²) in [4.78, 5) is 10.5. The Labute approximate surface area is 94.5 Å². The lowest BCUT2D eigenvalue weighted by Gasteiger charge is -2.29. The number of nitrogens with zero attached hydrogens (tertiary/aromatic N) is 3. The molecule has 0 radical (unpaired) electrons. The number of hydrogen-bond acceptors (Lipinski definition) is 6. The van der Waals surface area contributed by atoms with Crippen LogP contribution in [0.4, 0.5) is 5.82 Å². The molecule has 6 heteroatoms. The molecule has 6 nitrogen and oxygen atoms in total. The number of rotatable bonds is 3. The second-order valence-electron chi connectivity index (χ2n) is 4.07. The van der Waals surface area contributed by atoms with Gasteiger partial charge in [0, 0.05) is 13.1 Å². The molecule has 0 spiro atoms. The molecule has 0 amide bonds. The molecule has 1 unspecified atom stereocenters. The molecule has 0 saturated carbocycles. The van der Waals surface area contributed by atoms with Gasteiger partial charge in [-0.1, -0.05) is 0 Å². The number of piperidine rings is 1. The van der Waals surface area contributed by atoms with Gasteiger partial charge in [-0.2, -0.15) is 0 Å². The van der Waals surface area contributed by atoms with Crippen LogP contribution in [0.1, 0.15) is 18.5 Å². The summed E-state index contributed by atoms with van der Waals surface area (Å²) in [6, 6.07) is 0. The Morgan fingerprint density at radius 3 is 3.00 bits per heavy atom. The molecule has 1 aliphatic rings. The summed E-state index contributed by atoms with van der Waals surface area (Å²) < 4.78 is 0. The van der Waals surface area contributed by atoms with Crippen molar-refractivity contribution in [2.45, 2.75) is 25.5 Å². The van der Waals surface area contributed by atoms with E-state index >= 15 is 0 Å². The number of hydrogen-bond donors (Lipinski definition) is 3. The average molecular weight is 223 g/mol. The molecule has 1 aromatic heterocycles. The first-order valence-electron chi connectivity index (χ1n) is 5.46. The third kappa shape index (κ3) is 2.88. The van der Waals surface area contributed by atoms with E-state index in [0.717, 1.165) is 38.2 Å². The van der Waals surface area contributed by atoms with Crippen molar-refractivity contribution in [2.75, 3.05) is 18.5 Å². The second kappa shape index (κ2) is 5.20. The largest absolute Gasteiger partial charge is 0.392 e. The SMILES string of the molecule is NNc1cnc(CN2CCCC(O)C2)cn1. The van der Waals surface area contributed by atoms with E-state index in [1.807, 2.05) is 0 Å². The van der Waals surface area contributed by atoms with Crippen LogP contribution in [-0.2, 0) is 6.54 Å². The number of hydrazine groups is 1. The minimum atomic E-state index is -0.202. The summed E-state index contributed by atoms with van der Waals surface area (Å²) in [6.07, 6.45) is 5.05. The predicted molar refractivity (Wildman–Crippen MR) is 60.4 cm³/mol. The third-order valence-electron chi connectivity index (χ3n) is 2.72. The second-order valence-corrected chi connectivity index (χ2v) is 4.07. The first kappa shape index (κ1) is 11.3. The van der Waals surface area contributed by atoms with Crippen LogP contribution in [-0.4, -0.2) is 39.2 Å². The van der Waals surface area contributed by atoms with Gasteiger partial charge in [0.05, 0.1) is 24.2 Å². The van der Waals surface area contributed by atoms with E-state index < -0.39 is 0 Å². The maximum atomic E-state index is 9.54.